The van der Waals surface area contributed by atoms with Crippen molar-refractivity contribution in [2.24, 2.45) is 0 Å². The van der Waals surface area contributed by atoms with Gasteiger partial charge >= 0.3 is 5.97 Å². The Kier molecular flexibility index (Phi) is 4.59. The van der Waals surface area contributed by atoms with Crippen LogP contribution in [0, 0.1) is 0 Å². The smallest absolute Gasteiger partial charge is 0.302 e. The van der Waals surface area contributed by atoms with Gasteiger partial charge in [-0.3, -0.25) is 4.79 Å². The van der Waals surface area contributed by atoms with E-state index in [1.165, 1.54) is 12.5 Å². The summed E-state index contributed by atoms with van der Waals surface area (Å²) in [7, 11) is 0. The fourth-order valence-corrected chi connectivity index (χ4v) is 0.635. The lowest BCUT2D eigenvalue weighted by Crippen LogP contribution is -2.02. The number of carbonyl (C=O) groups excluding carboxylic acids is 1. The molecule has 11 heavy (non-hydrogen) atoms. The molecule has 0 bridgehead atoms. The third-order valence-corrected chi connectivity index (χ3v) is 1.75. The molecular formula is C9H16O2. The molecule has 0 N–H and O–H groups in total. The minimum absolute atomic E-state index is 0.215. The first kappa shape index (κ1) is 10.2. The quantitative estimate of drug-likeness (QED) is 0.463. The average molecular weight is 156 g/mol. The Morgan fingerprint density at radius 1 is 1.18 bits per heavy atom. The third kappa shape index (κ3) is 4.59. The van der Waals surface area contributed by atoms with Crippen molar-refractivity contribution in [1.29, 1.82) is 0 Å². The molecule has 0 aromatic heterocycles. The van der Waals surface area contributed by atoms with E-state index in [0.717, 1.165) is 12.0 Å². The second-order valence-corrected chi connectivity index (χ2v) is 2.69. The summed E-state index contributed by atoms with van der Waals surface area (Å²) >= 11 is 0. The van der Waals surface area contributed by atoms with Gasteiger partial charge in [-0.2, -0.15) is 0 Å². The highest BCUT2D eigenvalue weighted by molar-refractivity contribution is 5.66. The molecule has 0 unspecified atom stereocenters. The van der Waals surface area contributed by atoms with Crippen molar-refractivity contribution in [3.05, 3.63) is 11.1 Å². The molecule has 0 atom stereocenters. The molecule has 0 amide bonds. The van der Waals surface area contributed by atoms with Crippen LogP contribution < -0.4 is 0 Å². The number of allylic oxidation sites excluding steroid dienone is 1. The number of rotatable bonds is 3. The SMILES string of the molecule is CC/C(C)=C(\C)COC(C)=O. The van der Waals surface area contributed by atoms with Gasteiger partial charge in [-0.1, -0.05) is 12.5 Å². The highest BCUT2D eigenvalue weighted by Crippen LogP contribution is 2.06. The van der Waals surface area contributed by atoms with Crippen LogP contribution in [0.25, 0.3) is 0 Å². The summed E-state index contributed by atoms with van der Waals surface area (Å²) in [6, 6.07) is 0. The maximum atomic E-state index is 10.4. The minimum atomic E-state index is -0.215. The molecule has 0 aromatic rings. The molecule has 0 fully saturated rings. The molecule has 0 saturated heterocycles. The van der Waals surface area contributed by atoms with E-state index in [1.54, 1.807) is 0 Å². The summed E-state index contributed by atoms with van der Waals surface area (Å²) < 4.78 is 4.83. The molecule has 0 saturated carbocycles. The van der Waals surface area contributed by atoms with Crippen LogP contribution in [0.15, 0.2) is 11.1 Å². The average Bonchev–Trinajstić information content (AvgIpc) is 1.98. The fraction of sp³-hybridized carbons (Fsp3) is 0.667. The number of carbonyl (C=O) groups is 1. The summed E-state index contributed by atoms with van der Waals surface area (Å²) in [4.78, 5) is 10.4. The van der Waals surface area contributed by atoms with E-state index in [4.69, 9.17) is 4.74 Å². The van der Waals surface area contributed by atoms with E-state index < -0.39 is 0 Å². The van der Waals surface area contributed by atoms with Crippen molar-refractivity contribution < 1.29 is 9.53 Å². The Balaban J connectivity index is 3.85. The van der Waals surface area contributed by atoms with Crippen molar-refractivity contribution >= 4 is 5.97 Å². The fourth-order valence-electron chi connectivity index (χ4n) is 0.635. The molecular weight excluding hydrogens is 140 g/mol. The van der Waals surface area contributed by atoms with E-state index in [-0.39, 0.29) is 5.97 Å². The van der Waals surface area contributed by atoms with Gasteiger partial charge in [0.1, 0.15) is 6.61 Å². The van der Waals surface area contributed by atoms with Crippen LogP contribution in [-0.4, -0.2) is 12.6 Å². The van der Waals surface area contributed by atoms with E-state index in [9.17, 15) is 4.79 Å². The van der Waals surface area contributed by atoms with Gasteiger partial charge in [-0.15, -0.1) is 0 Å². The van der Waals surface area contributed by atoms with Crippen LogP contribution in [-0.2, 0) is 9.53 Å². The molecule has 0 aromatic carbocycles. The summed E-state index contributed by atoms with van der Waals surface area (Å²) in [5.74, 6) is -0.215. The Morgan fingerprint density at radius 2 is 1.73 bits per heavy atom. The molecule has 0 heterocycles. The Hall–Kier alpha value is -0.790. The predicted molar refractivity (Wildman–Crippen MR) is 45.3 cm³/mol. The number of esters is 1. The second kappa shape index (κ2) is 4.94. The Labute approximate surface area is 68.2 Å². The predicted octanol–water partition coefficient (Wildman–Crippen LogP) is 2.30. The monoisotopic (exact) mass is 156 g/mol. The maximum absolute atomic E-state index is 10.4. The highest BCUT2D eigenvalue weighted by Gasteiger charge is 1.97. The van der Waals surface area contributed by atoms with Crippen LogP contribution in [0.4, 0.5) is 0 Å². The first-order valence-electron chi connectivity index (χ1n) is 3.86. The van der Waals surface area contributed by atoms with Gasteiger partial charge < -0.3 is 4.74 Å². The largest absolute Gasteiger partial charge is 0.461 e. The number of hydrogen-bond acceptors (Lipinski definition) is 2. The zero-order chi connectivity index (χ0) is 8.85. The zero-order valence-corrected chi connectivity index (χ0v) is 7.73. The second-order valence-electron chi connectivity index (χ2n) is 2.69. The summed E-state index contributed by atoms with van der Waals surface area (Å²) in [6.07, 6.45) is 1.02. The summed E-state index contributed by atoms with van der Waals surface area (Å²) in [5, 5.41) is 0. The lowest BCUT2D eigenvalue weighted by atomic mass is 10.1. The van der Waals surface area contributed by atoms with Gasteiger partial charge in [0, 0.05) is 6.92 Å². The first-order valence-corrected chi connectivity index (χ1v) is 3.86. The van der Waals surface area contributed by atoms with Crippen molar-refractivity contribution in [3.8, 4) is 0 Å². The molecule has 2 nitrogen and oxygen atoms in total. The lowest BCUT2D eigenvalue weighted by Gasteiger charge is -2.05. The molecule has 0 rings (SSSR count). The standard InChI is InChI=1S/C9H16O2/c1-5-7(2)8(3)6-11-9(4)10/h5-6H2,1-4H3/b8-7+. The van der Waals surface area contributed by atoms with Crippen molar-refractivity contribution in [3.63, 3.8) is 0 Å². The van der Waals surface area contributed by atoms with Crippen LogP contribution in [0.1, 0.15) is 34.1 Å². The Bertz CT molecular complexity index is 168. The van der Waals surface area contributed by atoms with Gasteiger partial charge in [0.05, 0.1) is 0 Å². The number of hydrogen-bond donors (Lipinski definition) is 0. The molecule has 2 heteroatoms. The van der Waals surface area contributed by atoms with Crippen LogP contribution >= 0.6 is 0 Å². The minimum Gasteiger partial charge on any atom is -0.461 e. The van der Waals surface area contributed by atoms with Gasteiger partial charge in [0.2, 0.25) is 0 Å². The maximum Gasteiger partial charge on any atom is 0.302 e. The van der Waals surface area contributed by atoms with E-state index in [2.05, 4.69) is 13.8 Å². The van der Waals surface area contributed by atoms with Crippen molar-refractivity contribution in [1.82, 2.24) is 0 Å². The van der Waals surface area contributed by atoms with Gasteiger partial charge in [0.15, 0.2) is 0 Å². The van der Waals surface area contributed by atoms with Crippen LogP contribution in [0.3, 0.4) is 0 Å². The lowest BCUT2D eigenvalue weighted by molar-refractivity contribution is -0.139. The molecule has 64 valence electrons. The highest BCUT2D eigenvalue weighted by atomic mass is 16.5. The van der Waals surface area contributed by atoms with Gasteiger partial charge in [-0.05, 0) is 25.8 Å². The number of ether oxygens (including phenoxy) is 1. The summed E-state index contributed by atoms with van der Waals surface area (Å²) in [5.41, 5.74) is 2.45. The van der Waals surface area contributed by atoms with E-state index >= 15 is 0 Å². The van der Waals surface area contributed by atoms with E-state index in [0.29, 0.717) is 6.61 Å². The molecule has 0 aliphatic carbocycles. The first-order chi connectivity index (χ1) is 5.07. The van der Waals surface area contributed by atoms with E-state index in [1.807, 2.05) is 6.92 Å². The normalized spacial score (nSPS) is 12.4. The Morgan fingerprint density at radius 3 is 2.09 bits per heavy atom. The topological polar surface area (TPSA) is 26.3 Å². The molecule has 0 aliphatic rings. The van der Waals surface area contributed by atoms with Crippen LogP contribution in [0.5, 0.6) is 0 Å². The third-order valence-electron chi connectivity index (χ3n) is 1.75. The summed E-state index contributed by atoms with van der Waals surface area (Å²) in [6.45, 7) is 8.00. The van der Waals surface area contributed by atoms with Crippen molar-refractivity contribution in [2.45, 2.75) is 34.1 Å². The van der Waals surface area contributed by atoms with Crippen LogP contribution in [0.2, 0.25) is 0 Å². The van der Waals surface area contributed by atoms with Gasteiger partial charge in [-0.25, -0.2) is 0 Å². The van der Waals surface area contributed by atoms with Crippen molar-refractivity contribution in [2.75, 3.05) is 6.61 Å². The molecule has 0 spiro atoms. The molecule has 0 radical (unpaired) electrons. The zero-order valence-electron chi connectivity index (χ0n) is 7.73. The van der Waals surface area contributed by atoms with Gasteiger partial charge in [0.25, 0.3) is 0 Å². The molecule has 0 aliphatic heterocycles.